The number of carbonyl (C=O) groups excluding carboxylic acids is 1. The molecule has 1 aliphatic rings. The monoisotopic (exact) mass is 286 g/mol. The summed E-state index contributed by atoms with van der Waals surface area (Å²) in [6.45, 7) is 1.50. The first-order valence-electron chi connectivity index (χ1n) is 6.67. The van der Waals surface area contributed by atoms with Crippen LogP contribution in [0.2, 0.25) is 0 Å². The molecule has 0 bridgehead atoms. The van der Waals surface area contributed by atoms with Crippen LogP contribution >= 0.6 is 0 Å². The summed E-state index contributed by atoms with van der Waals surface area (Å²) >= 11 is 0. The maximum Gasteiger partial charge on any atom is 0.358 e. The molecule has 0 saturated carbocycles. The average Bonchev–Trinajstić information content (AvgIpc) is 2.81. The lowest BCUT2D eigenvalue weighted by molar-refractivity contribution is -0.135. The second kappa shape index (κ2) is 5.35. The number of carboxylic acids is 1. The van der Waals surface area contributed by atoms with Gasteiger partial charge in [0.15, 0.2) is 5.69 Å². The lowest BCUT2D eigenvalue weighted by Gasteiger charge is -2.30. The van der Waals surface area contributed by atoms with Crippen molar-refractivity contribution >= 4 is 11.9 Å². The molecular weight excluding hydrogens is 272 g/mol. The van der Waals surface area contributed by atoms with E-state index in [2.05, 4.69) is 10.3 Å². The highest BCUT2D eigenvalue weighted by molar-refractivity contribution is 5.93. The molecule has 108 valence electrons. The Morgan fingerprint density at radius 2 is 1.90 bits per heavy atom. The van der Waals surface area contributed by atoms with E-state index in [1.807, 2.05) is 6.07 Å². The van der Waals surface area contributed by atoms with Gasteiger partial charge < -0.3 is 10.0 Å². The summed E-state index contributed by atoms with van der Waals surface area (Å²) < 4.78 is 1.36. The third-order valence-electron chi connectivity index (χ3n) is 3.48. The largest absolute Gasteiger partial charge is 0.476 e. The van der Waals surface area contributed by atoms with Crippen LogP contribution in [0.3, 0.4) is 0 Å². The molecule has 1 amide bonds. The first-order valence-corrected chi connectivity index (χ1v) is 6.67. The van der Waals surface area contributed by atoms with Crippen molar-refractivity contribution in [3.63, 3.8) is 0 Å². The van der Waals surface area contributed by atoms with E-state index < -0.39 is 5.97 Å². The van der Waals surface area contributed by atoms with Crippen molar-refractivity contribution in [2.24, 2.45) is 0 Å². The number of aromatic carboxylic acids is 1. The Hall–Kier alpha value is -2.70. The number of hydrogen-bond donors (Lipinski definition) is 1. The fraction of sp³-hybridized carbons (Fsp3) is 0.286. The van der Waals surface area contributed by atoms with Crippen molar-refractivity contribution < 1.29 is 14.7 Å². The maximum absolute atomic E-state index is 12.0. The summed E-state index contributed by atoms with van der Waals surface area (Å²) in [7, 11) is 0. The van der Waals surface area contributed by atoms with Gasteiger partial charge >= 0.3 is 5.97 Å². The fourth-order valence-corrected chi connectivity index (χ4v) is 2.24. The number of amides is 1. The van der Waals surface area contributed by atoms with Crippen LogP contribution < -0.4 is 0 Å². The molecule has 7 heteroatoms. The molecule has 0 aliphatic carbocycles. The lowest BCUT2D eigenvalue weighted by atomic mass is 10.1. The van der Waals surface area contributed by atoms with Crippen LogP contribution in [0.5, 0.6) is 0 Å². The molecule has 7 nitrogen and oxygen atoms in total. The molecule has 0 unspecified atom stereocenters. The van der Waals surface area contributed by atoms with E-state index in [4.69, 9.17) is 0 Å². The molecule has 1 N–H and O–H groups in total. The number of aromatic nitrogens is 3. The maximum atomic E-state index is 12.0. The first kappa shape index (κ1) is 13.3. The zero-order chi connectivity index (χ0) is 14.8. The minimum absolute atomic E-state index is 0.00447. The highest BCUT2D eigenvalue weighted by Crippen LogP contribution is 2.22. The standard InChI is InChI=1S/C14H14N4O3/c19-11(17-7-4-8-17)9-18-13(10-5-2-1-3-6-10)12(14(20)21)15-16-18/h1-3,5-6H,4,7-9H2,(H,20,21). The molecule has 1 fully saturated rings. The van der Waals surface area contributed by atoms with Gasteiger partial charge in [0.05, 0.1) is 0 Å². The number of nitrogens with zero attached hydrogens (tertiary/aromatic N) is 4. The number of rotatable bonds is 4. The first-order chi connectivity index (χ1) is 10.2. The van der Waals surface area contributed by atoms with E-state index >= 15 is 0 Å². The molecule has 0 radical (unpaired) electrons. The Labute approximate surface area is 120 Å². The van der Waals surface area contributed by atoms with E-state index in [1.165, 1.54) is 4.68 Å². The molecule has 21 heavy (non-hydrogen) atoms. The van der Waals surface area contributed by atoms with E-state index in [9.17, 15) is 14.7 Å². The second-order valence-corrected chi connectivity index (χ2v) is 4.85. The van der Waals surface area contributed by atoms with Gasteiger partial charge in [0.1, 0.15) is 12.2 Å². The van der Waals surface area contributed by atoms with Crippen LogP contribution in [-0.2, 0) is 11.3 Å². The Balaban J connectivity index is 1.97. The van der Waals surface area contributed by atoms with Gasteiger partial charge in [-0.3, -0.25) is 4.79 Å². The molecule has 0 atom stereocenters. The molecule has 1 saturated heterocycles. The summed E-state index contributed by atoms with van der Waals surface area (Å²) in [5.41, 5.74) is 0.894. The summed E-state index contributed by atoms with van der Waals surface area (Å²) in [4.78, 5) is 25.1. The van der Waals surface area contributed by atoms with Crippen molar-refractivity contribution in [2.45, 2.75) is 13.0 Å². The van der Waals surface area contributed by atoms with Crippen molar-refractivity contribution in [1.82, 2.24) is 19.9 Å². The van der Waals surface area contributed by atoms with Crippen molar-refractivity contribution in [3.05, 3.63) is 36.0 Å². The zero-order valence-corrected chi connectivity index (χ0v) is 11.3. The summed E-state index contributed by atoms with van der Waals surface area (Å²) in [6, 6.07) is 8.99. The fourth-order valence-electron chi connectivity index (χ4n) is 2.24. The van der Waals surface area contributed by atoms with E-state index in [0.717, 1.165) is 19.5 Å². The van der Waals surface area contributed by atoms with Crippen molar-refractivity contribution in [1.29, 1.82) is 0 Å². The molecule has 1 aliphatic heterocycles. The van der Waals surface area contributed by atoms with Gasteiger partial charge in [-0.1, -0.05) is 35.5 Å². The second-order valence-electron chi connectivity index (χ2n) is 4.85. The highest BCUT2D eigenvalue weighted by Gasteiger charge is 2.25. The summed E-state index contributed by atoms with van der Waals surface area (Å²) in [5.74, 6) is -1.23. The van der Waals surface area contributed by atoms with Gasteiger partial charge in [0.2, 0.25) is 5.91 Å². The number of carboxylic acid groups (broad SMARTS) is 1. The normalized spacial score (nSPS) is 13.8. The predicted molar refractivity (Wildman–Crippen MR) is 73.6 cm³/mol. The van der Waals surface area contributed by atoms with Crippen LogP contribution in [0.4, 0.5) is 0 Å². The number of likely N-dealkylation sites (tertiary alicyclic amines) is 1. The predicted octanol–water partition coefficient (Wildman–Crippen LogP) is 0.876. The van der Waals surface area contributed by atoms with Crippen LogP contribution in [0.25, 0.3) is 11.3 Å². The van der Waals surface area contributed by atoms with Crippen LogP contribution in [0, 0.1) is 0 Å². The Morgan fingerprint density at radius 3 is 2.48 bits per heavy atom. The molecule has 2 aromatic rings. The van der Waals surface area contributed by atoms with Gasteiger partial charge in [-0.05, 0) is 6.42 Å². The third-order valence-corrected chi connectivity index (χ3v) is 3.48. The van der Waals surface area contributed by atoms with Crippen molar-refractivity contribution in [3.8, 4) is 11.3 Å². The number of carbonyl (C=O) groups is 2. The molecular formula is C14H14N4O3. The molecule has 1 aromatic heterocycles. The average molecular weight is 286 g/mol. The van der Waals surface area contributed by atoms with Crippen LogP contribution in [-0.4, -0.2) is 50.0 Å². The molecule has 3 rings (SSSR count). The molecule has 2 heterocycles. The van der Waals surface area contributed by atoms with Gasteiger partial charge in [-0.2, -0.15) is 0 Å². The SMILES string of the molecule is O=C(O)c1nnn(CC(=O)N2CCC2)c1-c1ccccc1. The summed E-state index contributed by atoms with van der Waals surface area (Å²) in [6.07, 6.45) is 1.01. The summed E-state index contributed by atoms with van der Waals surface area (Å²) in [5, 5.41) is 16.8. The number of hydrogen-bond acceptors (Lipinski definition) is 4. The van der Waals surface area contributed by atoms with E-state index in [0.29, 0.717) is 11.3 Å². The van der Waals surface area contributed by atoms with Gasteiger partial charge in [0.25, 0.3) is 0 Å². The van der Waals surface area contributed by atoms with Gasteiger partial charge in [-0.15, -0.1) is 5.10 Å². The van der Waals surface area contributed by atoms with Crippen LogP contribution in [0.1, 0.15) is 16.9 Å². The minimum atomic E-state index is -1.16. The Bertz CT molecular complexity index is 677. The van der Waals surface area contributed by atoms with Gasteiger partial charge in [0, 0.05) is 18.7 Å². The Kier molecular flexibility index (Phi) is 3.39. The van der Waals surface area contributed by atoms with Gasteiger partial charge in [-0.25, -0.2) is 9.48 Å². The molecule has 1 aromatic carbocycles. The topological polar surface area (TPSA) is 88.3 Å². The minimum Gasteiger partial charge on any atom is -0.476 e. The van der Waals surface area contributed by atoms with Crippen LogP contribution in [0.15, 0.2) is 30.3 Å². The quantitative estimate of drug-likeness (QED) is 0.901. The van der Waals surface area contributed by atoms with E-state index in [1.54, 1.807) is 29.2 Å². The third kappa shape index (κ3) is 2.49. The number of benzene rings is 1. The molecule has 0 spiro atoms. The smallest absolute Gasteiger partial charge is 0.358 e. The highest BCUT2D eigenvalue weighted by atomic mass is 16.4. The lowest BCUT2D eigenvalue weighted by Crippen LogP contribution is -2.43. The van der Waals surface area contributed by atoms with Crippen molar-refractivity contribution in [2.75, 3.05) is 13.1 Å². The zero-order valence-electron chi connectivity index (χ0n) is 11.3. The van der Waals surface area contributed by atoms with E-state index in [-0.39, 0.29) is 18.1 Å². The Morgan fingerprint density at radius 1 is 1.19 bits per heavy atom.